The first-order valence-corrected chi connectivity index (χ1v) is 9.55. The molecule has 2 aromatic carbocycles. The molecule has 138 valence electrons. The van der Waals surface area contributed by atoms with Crippen molar-refractivity contribution < 1.29 is 18.7 Å². The SMILES string of the molecule is CCc1ccc(C(=O)[C@H](C)Sc2nnc(-c3ccc4c(c3)OCO4)o2)cc1. The number of Topliss-reactive ketones (excluding diaryl/α,β-unsaturated/α-hetero) is 1. The highest BCUT2D eigenvalue weighted by atomic mass is 32.2. The van der Waals surface area contributed by atoms with Crippen LogP contribution >= 0.6 is 11.8 Å². The van der Waals surface area contributed by atoms with Crippen molar-refractivity contribution in [1.82, 2.24) is 10.2 Å². The third kappa shape index (κ3) is 3.68. The number of carbonyl (C=O) groups excluding carboxylic acids is 1. The van der Waals surface area contributed by atoms with Crippen LogP contribution < -0.4 is 9.47 Å². The Morgan fingerprint density at radius 2 is 1.89 bits per heavy atom. The number of nitrogens with zero attached hydrogens (tertiary/aromatic N) is 2. The molecule has 7 heteroatoms. The lowest BCUT2D eigenvalue weighted by atomic mass is 10.1. The number of ketones is 1. The molecule has 0 saturated carbocycles. The molecule has 1 aliphatic rings. The normalized spacial score (nSPS) is 13.6. The molecule has 6 nitrogen and oxygen atoms in total. The van der Waals surface area contributed by atoms with E-state index in [9.17, 15) is 4.79 Å². The minimum absolute atomic E-state index is 0.0329. The summed E-state index contributed by atoms with van der Waals surface area (Å²) in [6.07, 6.45) is 0.948. The summed E-state index contributed by atoms with van der Waals surface area (Å²) in [6, 6.07) is 13.1. The van der Waals surface area contributed by atoms with Crippen LogP contribution in [-0.4, -0.2) is 28.0 Å². The fourth-order valence-corrected chi connectivity index (χ4v) is 3.51. The van der Waals surface area contributed by atoms with Gasteiger partial charge in [-0.1, -0.05) is 43.0 Å². The lowest BCUT2D eigenvalue weighted by Gasteiger charge is -2.08. The monoisotopic (exact) mass is 382 g/mol. The molecule has 0 radical (unpaired) electrons. The van der Waals surface area contributed by atoms with Crippen molar-refractivity contribution in [3.8, 4) is 23.0 Å². The number of rotatable bonds is 6. The molecule has 1 aromatic heterocycles. The van der Waals surface area contributed by atoms with Gasteiger partial charge in [-0.05, 0) is 37.1 Å². The van der Waals surface area contributed by atoms with Gasteiger partial charge >= 0.3 is 0 Å². The second-order valence-corrected chi connectivity index (χ2v) is 7.41. The molecule has 0 spiro atoms. The highest BCUT2D eigenvalue weighted by Crippen LogP contribution is 2.36. The van der Waals surface area contributed by atoms with Crippen molar-refractivity contribution in [1.29, 1.82) is 0 Å². The molecule has 4 rings (SSSR count). The van der Waals surface area contributed by atoms with Crippen LogP contribution in [0.25, 0.3) is 11.5 Å². The maximum absolute atomic E-state index is 12.6. The number of thioether (sulfide) groups is 1. The second kappa shape index (κ2) is 7.44. The topological polar surface area (TPSA) is 74.5 Å². The Kier molecular flexibility index (Phi) is 4.85. The van der Waals surface area contributed by atoms with Gasteiger partial charge in [-0.25, -0.2) is 0 Å². The number of ether oxygens (including phenoxy) is 2. The zero-order valence-corrected chi connectivity index (χ0v) is 15.8. The summed E-state index contributed by atoms with van der Waals surface area (Å²) in [7, 11) is 0. The number of fused-ring (bicyclic) bond motifs is 1. The molecule has 1 aliphatic heterocycles. The standard InChI is InChI=1S/C20H18N2O4S/c1-3-13-4-6-14(7-5-13)18(23)12(2)27-20-22-21-19(26-20)15-8-9-16-17(10-15)25-11-24-16/h4-10,12H,3,11H2,1-2H3/t12-/m0/s1. The van der Waals surface area contributed by atoms with E-state index in [2.05, 4.69) is 17.1 Å². The van der Waals surface area contributed by atoms with Crippen LogP contribution in [0.15, 0.2) is 52.1 Å². The molecule has 2 heterocycles. The van der Waals surface area contributed by atoms with Gasteiger partial charge in [0, 0.05) is 11.1 Å². The van der Waals surface area contributed by atoms with Crippen molar-refractivity contribution in [3.05, 3.63) is 53.6 Å². The third-order valence-electron chi connectivity index (χ3n) is 4.32. The average Bonchev–Trinajstić information content (AvgIpc) is 3.36. The molecule has 0 N–H and O–H groups in total. The van der Waals surface area contributed by atoms with E-state index < -0.39 is 0 Å². The van der Waals surface area contributed by atoms with E-state index in [1.807, 2.05) is 37.3 Å². The van der Waals surface area contributed by atoms with Crippen molar-refractivity contribution in [2.75, 3.05) is 6.79 Å². The van der Waals surface area contributed by atoms with Gasteiger partial charge < -0.3 is 13.9 Å². The van der Waals surface area contributed by atoms with Gasteiger partial charge in [0.05, 0.1) is 5.25 Å². The highest BCUT2D eigenvalue weighted by Gasteiger charge is 2.21. The summed E-state index contributed by atoms with van der Waals surface area (Å²) in [6.45, 7) is 4.14. The van der Waals surface area contributed by atoms with Gasteiger partial charge in [0.1, 0.15) is 0 Å². The molecule has 0 saturated heterocycles. The van der Waals surface area contributed by atoms with Crippen LogP contribution in [-0.2, 0) is 6.42 Å². The number of aryl methyl sites for hydroxylation is 1. The Bertz CT molecular complexity index is 968. The minimum atomic E-state index is -0.331. The lowest BCUT2D eigenvalue weighted by Crippen LogP contribution is -2.13. The predicted octanol–water partition coefficient (Wildman–Crippen LogP) is 4.39. The number of carbonyl (C=O) groups is 1. The van der Waals surface area contributed by atoms with Crippen molar-refractivity contribution >= 4 is 17.5 Å². The van der Waals surface area contributed by atoms with Gasteiger partial charge in [-0.15, -0.1) is 10.2 Å². The maximum atomic E-state index is 12.6. The van der Waals surface area contributed by atoms with Gasteiger partial charge in [-0.2, -0.15) is 0 Å². The molecule has 0 fully saturated rings. The van der Waals surface area contributed by atoms with E-state index in [4.69, 9.17) is 13.9 Å². The Balaban J connectivity index is 1.46. The van der Waals surface area contributed by atoms with Crippen molar-refractivity contribution in [3.63, 3.8) is 0 Å². The molecule has 0 bridgehead atoms. The summed E-state index contributed by atoms with van der Waals surface area (Å²) < 4.78 is 16.4. The number of hydrogen-bond acceptors (Lipinski definition) is 7. The van der Waals surface area contributed by atoms with E-state index in [0.29, 0.717) is 28.2 Å². The van der Waals surface area contributed by atoms with Gasteiger partial charge in [-0.3, -0.25) is 4.79 Å². The fraction of sp³-hybridized carbons (Fsp3) is 0.250. The van der Waals surface area contributed by atoms with Crippen LogP contribution in [0.5, 0.6) is 11.5 Å². The average molecular weight is 382 g/mol. The first kappa shape index (κ1) is 17.6. The van der Waals surface area contributed by atoms with Gasteiger partial charge in [0.25, 0.3) is 5.22 Å². The lowest BCUT2D eigenvalue weighted by molar-refractivity contribution is 0.0993. The van der Waals surface area contributed by atoms with E-state index in [-0.39, 0.29) is 17.8 Å². The minimum Gasteiger partial charge on any atom is -0.454 e. The zero-order chi connectivity index (χ0) is 18.8. The Morgan fingerprint density at radius 3 is 2.67 bits per heavy atom. The summed E-state index contributed by atoms with van der Waals surface area (Å²) in [4.78, 5) is 12.6. The Hall–Kier alpha value is -2.80. The number of benzene rings is 2. The first-order chi connectivity index (χ1) is 13.1. The molecule has 0 unspecified atom stereocenters. The van der Waals surface area contributed by atoms with E-state index >= 15 is 0 Å². The van der Waals surface area contributed by atoms with Gasteiger partial charge in [0.2, 0.25) is 12.7 Å². The number of aromatic nitrogens is 2. The third-order valence-corrected chi connectivity index (χ3v) is 5.25. The number of hydrogen-bond donors (Lipinski definition) is 0. The van der Waals surface area contributed by atoms with E-state index in [0.717, 1.165) is 12.0 Å². The molecular formula is C20H18N2O4S. The summed E-state index contributed by atoms with van der Waals surface area (Å²) >= 11 is 1.25. The molecular weight excluding hydrogens is 364 g/mol. The van der Waals surface area contributed by atoms with Crippen LogP contribution in [0.2, 0.25) is 0 Å². The maximum Gasteiger partial charge on any atom is 0.277 e. The molecule has 0 aliphatic carbocycles. The molecule has 3 aromatic rings. The fourth-order valence-electron chi connectivity index (χ4n) is 2.75. The molecule has 1 atom stereocenters. The quantitative estimate of drug-likeness (QED) is 0.462. The van der Waals surface area contributed by atoms with E-state index in [1.165, 1.54) is 17.3 Å². The first-order valence-electron chi connectivity index (χ1n) is 8.67. The summed E-state index contributed by atoms with van der Waals surface area (Å²) in [5.74, 6) is 1.76. The Morgan fingerprint density at radius 1 is 1.11 bits per heavy atom. The summed E-state index contributed by atoms with van der Waals surface area (Å²) in [5, 5.41) is 8.15. The molecule has 0 amide bonds. The summed E-state index contributed by atoms with van der Waals surface area (Å²) in [5.41, 5.74) is 2.63. The van der Waals surface area contributed by atoms with Crippen LogP contribution in [0.4, 0.5) is 0 Å². The van der Waals surface area contributed by atoms with Crippen LogP contribution in [0, 0.1) is 0 Å². The Labute approximate surface area is 160 Å². The van der Waals surface area contributed by atoms with Crippen molar-refractivity contribution in [2.24, 2.45) is 0 Å². The predicted molar refractivity (Wildman–Crippen MR) is 101 cm³/mol. The van der Waals surface area contributed by atoms with Crippen LogP contribution in [0.3, 0.4) is 0 Å². The van der Waals surface area contributed by atoms with Crippen LogP contribution in [0.1, 0.15) is 29.8 Å². The zero-order valence-electron chi connectivity index (χ0n) is 15.0. The molecule has 27 heavy (non-hydrogen) atoms. The smallest absolute Gasteiger partial charge is 0.277 e. The largest absolute Gasteiger partial charge is 0.454 e. The van der Waals surface area contributed by atoms with E-state index in [1.54, 1.807) is 12.1 Å². The highest BCUT2D eigenvalue weighted by molar-refractivity contribution is 8.00. The second-order valence-electron chi connectivity index (χ2n) is 6.12. The van der Waals surface area contributed by atoms with Crippen molar-refractivity contribution in [2.45, 2.75) is 30.7 Å². The van der Waals surface area contributed by atoms with Gasteiger partial charge in [0.15, 0.2) is 17.3 Å².